The predicted molar refractivity (Wildman–Crippen MR) is 126 cm³/mol. The Hall–Kier alpha value is -3.61. The molecule has 7 nitrogen and oxygen atoms in total. The number of carbonyl (C=O) groups is 3. The molecule has 33 heavy (non-hydrogen) atoms. The average molecular weight is 451 g/mol. The minimum atomic E-state index is -1.39. The van der Waals surface area contributed by atoms with Crippen molar-refractivity contribution in [2.45, 2.75) is 50.6 Å². The van der Waals surface area contributed by atoms with Crippen LogP contribution in [0.15, 0.2) is 61.2 Å². The summed E-state index contributed by atoms with van der Waals surface area (Å²) in [7, 11) is 0. The van der Waals surface area contributed by atoms with E-state index >= 15 is 0 Å². The number of carboxylic acids is 1. The SMILES string of the molecule is C=CCC(NC(=O)OCC1c2ccccc2-c2ccccc21)C(=O)NC(CC)(CC)C(=O)O. The highest BCUT2D eigenvalue weighted by atomic mass is 16.5. The van der Waals surface area contributed by atoms with E-state index in [0.717, 1.165) is 22.3 Å². The fourth-order valence-electron chi connectivity index (χ4n) is 4.29. The van der Waals surface area contributed by atoms with Gasteiger partial charge < -0.3 is 20.5 Å². The molecule has 0 radical (unpaired) electrons. The number of benzene rings is 2. The van der Waals surface area contributed by atoms with Crippen LogP contribution in [0.1, 0.15) is 50.2 Å². The standard InChI is InChI=1S/C26H30N2O5/c1-4-11-22(23(29)28-26(5-2,6-3)24(30)31)27-25(32)33-16-21-19-14-9-7-12-17(19)18-13-8-10-15-20(18)21/h4,7-10,12-15,21-22H,1,5-6,11,16H2,2-3H3,(H,27,32)(H,28,29)(H,30,31). The molecule has 174 valence electrons. The van der Waals surface area contributed by atoms with E-state index in [2.05, 4.69) is 29.3 Å². The topological polar surface area (TPSA) is 105 Å². The van der Waals surface area contributed by atoms with Crippen molar-refractivity contribution in [1.29, 1.82) is 0 Å². The summed E-state index contributed by atoms with van der Waals surface area (Å²) in [5.41, 5.74) is 3.03. The average Bonchev–Trinajstić information content (AvgIpc) is 3.14. The Bertz CT molecular complexity index is 999. The van der Waals surface area contributed by atoms with E-state index in [1.165, 1.54) is 6.08 Å². The lowest BCUT2D eigenvalue weighted by atomic mass is 9.92. The Morgan fingerprint density at radius 1 is 1.06 bits per heavy atom. The highest BCUT2D eigenvalue weighted by Crippen LogP contribution is 2.44. The van der Waals surface area contributed by atoms with E-state index in [-0.39, 0.29) is 31.8 Å². The van der Waals surface area contributed by atoms with E-state index in [1.807, 2.05) is 36.4 Å². The Labute approximate surface area is 193 Å². The van der Waals surface area contributed by atoms with Gasteiger partial charge in [0.25, 0.3) is 0 Å². The number of alkyl carbamates (subject to hydrolysis) is 1. The molecule has 0 heterocycles. The Balaban J connectivity index is 1.68. The van der Waals surface area contributed by atoms with Crippen molar-refractivity contribution in [2.24, 2.45) is 0 Å². The minimum absolute atomic E-state index is 0.102. The molecule has 0 aromatic heterocycles. The highest BCUT2D eigenvalue weighted by Gasteiger charge is 2.38. The summed E-state index contributed by atoms with van der Waals surface area (Å²) in [5.74, 6) is -1.80. The first-order valence-corrected chi connectivity index (χ1v) is 11.1. The normalized spacial score (nSPS) is 13.4. The molecule has 0 aliphatic heterocycles. The summed E-state index contributed by atoms with van der Waals surface area (Å²) in [6, 6.07) is 15.0. The van der Waals surface area contributed by atoms with Crippen molar-refractivity contribution in [3.8, 4) is 11.1 Å². The van der Waals surface area contributed by atoms with Crippen LogP contribution < -0.4 is 10.6 Å². The fraction of sp³-hybridized carbons (Fsp3) is 0.346. The monoisotopic (exact) mass is 450 g/mol. The van der Waals surface area contributed by atoms with E-state index in [1.54, 1.807) is 13.8 Å². The number of fused-ring (bicyclic) bond motifs is 3. The van der Waals surface area contributed by atoms with Gasteiger partial charge in [0.1, 0.15) is 18.2 Å². The molecular formula is C26H30N2O5. The number of carbonyl (C=O) groups excluding carboxylic acids is 2. The van der Waals surface area contributed by atoms with Crippen molar-refractivity contribution in [2.75, 3.05) is 6.61 Å². The van der Waals surface area contributed by atoms with Crippen molar-refractivity contribution < 1.29 is 24.2 Å². The molecule has 1 unspecified atom stereocenters. The van der Waals surface area contributed by atoms with Crippen LogP contribution in [0.2, 0.25) is 0 Å². The summed E-state index contributed by atoms with van der Waals surface area (Å²) in [6.45, 7) is 7.14. The quantitative estimate of drug-likeness (QED) is 0.470. The summed E-state index contributed by atoms with van der Waals surface area (Å²) in [5, 5.41) is 14.7. The van der Waals surface area contributed by atoms with Crippen molar-refractivity contribution >= 4 is 18.0 Å². The van der Waals surface area contributed by atoms with Gasteiger partial charge >= 0.3 is 12.1 Å². The first-order chi connectivity index (χ1) is 15.9. The third-order valence-corrected chi connectivity index (χ3v) is 6.33. The van der Waals surface area contributed by atoms with Crippen LogP contribution in [-0.4, -0.2) is 41.3 Å². The van der Waals surface area contributed by atoms with Crippen molar-refractivity contribution in [3.05, 3.63) is 72.3 Å². The number of aliphatic carboxylic acids is 1. The van der Waals surface area contributed by atoms with E-state index in [4.69, 9.17) is 4.74 Å². The second-order valence-electron chi connectivity index (χ2n) is 8.13. The molecule has 1 atom stereocenters. The number of amides is 2. The molecule has 0 bridgehead atoms. The first kappa shape index (κ1) is 24.0. The number of ether oxygens (including phenoxy) is 1. The number of hydrogen-bond acceptors (Lipinski definition) is 4. The number of carboxylic acid groups (broad SMARTS) is 1. The minimum Gasteiger partial charge on any atom is -0.480 e. The summed E-state index contributed by atoms with van der Waals surface area (Å²) >= 11 is 0. The lowest BCUT2D eigenvalue weighted by molar-refractivity contribution is -0.148. The highest BCUT2D eigenvalue weighted by molar-refractivity contribution is 5.91. The van der Waals surface area contributed by atoms with E-state index in [9.17, 15) is 19.5 Å². The van der Waals surface area contributed by atoms with Crippen LogP contribution in [0.4, 0.5) is 4.79 Å². The zero-order chi connectivity index (χ0) is 24.0. The molecule has 3 N–H and O–H groups in total. The molecule has 0 spiro atoms. The zero-order valence-electron chi connectivity index (χ0n) is 19.0. The van der Waals surface area contributed by atoms with Gasteiger partial charge in [-0.15, -0.1) is 6.58 Å². The Kier molecular flexibility index (Phi) is 7.53. The van der Waals surface area contributed by atoms with Crippen LogP contribution in [0.5, 0.6) is 0 Å². The van der Waals surface area contributed by atoms with Crippen LogP contribution >= 0.6 is 0 Å². The summed E-state index contributed by atoms with van der Waals surface area (Å²) in [6.07, 6.45) is 1.33. The van der Waals surface area contributed by atoms with Gasteiger partial charge in [-0.05, 0) is 41.5 Å². The maximum absolute atomic E-state index is 12.8. The largest absolute Gasteiger partial charge is 0.480 e. The van der Waals surface area contributed by atoms with Crippen LogP contribution in [0.3, 0.4) is 0 Å². The molecule has 0 fully saturated rings. The van der Waals surface area contributed by atoms with Gasteiger partial charge in [0.2, 0.25) is 5.91 Å². The number of rotatable bonds is 10. The third kappa shape index (κ3) is 4.92. The lowest BCUT2D eigenvalue weighted by Gasteiger charge is -2.30. The molecule has 3 rings (SSSR count). The van der Waals surface area contributed by atoms with Crippen molar-refractivity contribution in [1.82, 2.24) is 10.6 Å². The third-order valence-electron chi connectivity index (χ3n) is 6.33. The fourth-order valence-corrected chi connectivity index (χ4v) is 4.29. The first-order valence-electron chi connectivity index (χ1n) is 11.1. The number of hydrogen-bond donors (Lipinski definition) is 3. The number of nitrogens with one attached hydrogen (secondary N) is 2. The molecular weight excluding hydrogens is 420 g/mol. The Morgan fingerprint density at radius 2 is 1.61 bits per heavy atom. The zero-order valence-corrected chi connectivity index (χ0v) is 19.0. The van der Waals surface area contributed by atoms with Crippen LogP contribution in [0.25, 0.3) is 11.1 Å². The van der Waals surface area contributed by atoms with Crippen LogP contribution in [0, 0.1) is 0 Å². The van der Waals surface area contributed by atoms with Gasteiger partial charge in [-0.25, -0.2) is 9.59 Å². The van der Waals surface area contributed by atoms with Crippen LogP contribution in [-0.2, 0) is 14.3 Å². The van der Waals surface area contributed by atoms with Gasteiger partial charge in [0, 0.05) is 5.92 Å². The smallest absolute Gasteiger partial charge is 0.407 e. The van der Waals surface area contributed by atoms with Crippen molar-refractivity contribution in [3.63, 3.8) is 0 Å². The van der Waals surface area contributed by atoms with Gasteiger partial charge in [0.15, 0.2) is 0 Å². The maximum Gasteiger partial charge on any atom is 0.407 e. The molecule has 2 aromatic carbocycles. The van der Waals surface area contributed by atoms with Gasteiger partial charge in [0.05, 0.1) is 0 Å². The Morgan fingerprint density at radius 3 is 2.09 bits per heavy atom. The molecule has 0 saturated carbocycles. The maximum atomic E-state index is 12.8. The second kappa shape index (κ2) is 10.3. The molecule has 2 aromatic rings. The second-order valence-corrected chi connectivity index (χ2v) is 8.13. The molecule has 0 saturated heterocycles. The van der Waals surface area contributed by atoms with E-state index < -0.39 is 29.6 Å². The van der Waals surface area contributed by atoms with Gasteiger partial charge in [-0.3, -0.25) is 4.79 Å². The molecule has 1 aliphatic carbocycles. The molecule has 1 aliphatic rings. The molecule has 2 amide bonds. The lowest BCUT2D eigenvalue weighted by Crippen LogP contribution is -2.58. The van der Waals surface area contributed by atoms with Gasteiger partial charge in [-0.2, -0.15) is 0 Å². The predicted octanol–water partition coefficient (Wildman–Crippen LogP) is 4.23. The summed E-state index contributed by atoms with van der Waals surface area (Å²) in [4.78, 5) is 37.1. The molecule has 7 heteroatoms. The van der Waals surface area contributed by atoms with E-state index in [0.29, 0.717) is 0 Å². The summed E-state index contributed by atoms with van der Waals surface area (Å²) < 4.78 is 5.52. The van der Waals surface area contributed by atoms with Gasteiger partial charge in [-0.1, -0.05) is 68.5 Å².